The third-order valence-electron chi connectivity index (χ3n) is 9.05. The van der Waals surface area contributed by atoms with Crippen molar-refractivity contribution in [3.8, 4) is 0 Å². The number of fused-ring (bicyclic) bond motifs is 6. The molecule has 4 aliphatic carbocycles. The van der Waals surface area contributed by atoms with Crippen LogP contribution in [0.2, 0.25) is 0 Å². The fourth-order valence-electron chi connectivity index (χ4n) is 7.91. The van der Waals surface area contributed by atoms with Gasteiger partial charge in [-0.2, -0.15) is 0 Å². The van der Waals surface area contributed by atoms with E-state index in [9.17, 15) is 0 Å². The second-order valence-corrected chi connectivity index (χ2v) is 9.63. The summed E-state index contributed by atoms with van der Waals surface area (Å²) in [4.78, 5) is 0. The zero-order valence-corrected chi connectivity index (χ0v) is 14.5. The lowest BCUT2D eigenvalue weighted by atomic mass is 9.44. The molecule has 2 nitrogen and oxygen atoms in total. The predicted octanol–water partition coefficient (Wildman–Crippen LogP) is 4.42. The molecule has 0 aromatic heterocycles. The summed E-state index contributed by atoms with van der Waals surface area (Å²) in [5.74, 6) is 3.69. The molecule has 4 saturated carbocycles. The molecule has 0 bridgehead atoms. The smallest absolute Gasteiger partial charge is 0.111 e. The molecule has 1 aliphatic heterocycles. The molecule has 1 heterocycles. The summed E-state index contributed by atoms with van der Waals surface area (Å²) in [5, 5.41) is 0. The van der Waals surface area contributed by atoms with Gasteiger partial charge >= 0.3 is 0 Å². The zero-order chi connectivity index (χ0) is 15.1. The van der Waals surface area contributed by atoms with Crippen LogP contribution in [0.15, 0.2) is 0 Å². The van der Waals surface area contributed by atoms with Crippen molar-refractivity contribution in [2.24, 2.45) is 34.5 Å². The Morgan fingerprint density at radius 1 is 1.00 bits per heavy atom. The van der Waals surface area contributed by atoms with Crippen molar-refractivity contribution in [1.82, 2.24) is 0 Å². The molecule has 0 amide bonds. The summed E-state index contributed by atoms with van der Waals surface area (Å²) in [5.41, 5.74) is 1.04. The van der Waals surface area contributed by atoms with Gasteiger partial charge in [0.25, 0.3) is 0 Å². The molecule has 5 aliphatic rings. The molecule has 0 radical (unpaired) electrons. The average molecular weight is 304 g/mol. The number of rotatable bonds is 1. The van der Waals surface area contributed by atoms with Gasteiger partial charge in [0.1, 0.15) is 6.10 Å². The molecule has 0 aromatic carbocycles. The topological polar surface area (TPSA) is 21.8 Å². The minimum Gasteiger partial charge on any atom is -0.378 e. The lowest BCUT2D eigenvalue weighted by Crippen LogP contribution is -2.59. The van der Waals surface area contributed by atoms with E-state index in [0.717, 1.165) is 23.7 Å². The summed E-state index contributed by atoms with van der Waals surface area (Å²) in [6.07, 6.45) is 12.9. The first-order chi connectivity index (χ1) is 10.6. The van der Waals surface area contributed by atoms with E-state index < -0.39 is 0 Å². The van der Waals surface area contributed by atoms with Crippen LogP contribution in [0.1, 0.15) is 65.2 Å². The largest absolute Gasteiger partial charge is 0.378 e. The van der Waals surface area contributed by atoms with Gasteiger partial charge in [-0.1, -0.05) is 20.3 Å². The summed E-state index contributed by atoms with van der Waals surface area (Å²) in [6.45, 7) is 5.18. The van der Waals surface area contributed by atoms with Crippen LogP contribution in [0, 0.1) is 34.5 Å². The van der Waals surface area contributed by atoms with Crippen LogP contribution in [0.4, 0.5) is 0 Å². The second kappa shape index (κ2) is 4.51. The number of ether oxygens (including phenoxy) is 2. The summed E-state index contributed by atoms with van der Waals surface area (Å²) >= 11 is 0. The van der Waals surface area contributed by atoms with Gasteiger partial charge in [0.2, 0.25) is 0 Å². The van der Waals surface area contributed by atoms with Crippen LogP contribution in [0.25, 0.3) is 0 Å². The number of methoxy groups -OCH3 is 1. The van der Waals surface area contributed by atoms with Gasteiger partial charge in [-0.25, -0.2) is 0 Å². The van der Waals surface area contributed by atoms with Crippen LogP contribution in [-0.2, 0) is 9.47 Å². The van der Waals surface area contributed by atoms with E-state index >= 15 is 0 Å². The fraction of sp³-hybridized carbons (Fsp3) is 1.00. The molecule has 22 heavy (non-hydrogen) atoms. The van der Waals surface area contributed by atoms with Crippen LogP contribution < -0.4 is 0 Å². The maximum absolute atomic E-state index is 6.08. The quantitative estimate of drug-likeness (QED) is 0.669. The van der Waals surface area contributed by atoms with Crippen molar-refractivity contribution in [2.45, 2.75) is 83.5 Å². The summed E-state index contributed by atoms with van der Waals surface area (Å²) < 4.78 is 12.1. The van der Waals surface area contributed by atoms with Crippen molar-refractivity contribution in [1.29, 1.82) is 0 Å². The van der Waals surface area contributed by atoms with Gasteiger partial charge in [0.05, 0.1) is 12.2 Å². The van der Waals surface area contributed by atoms with Crippen molar-refractivity contribution < 1.29 is 9.47 Å². The Hall–Kier alpha value is -0.0800. The minimum atomic E-state index is 0.356. The normalized spacial score (nSPS) is 62.6. The van der Waals surface area contributed by atoms with E-state index in [-0.39, 0.29) is 0 Å². The average Bonchev–Trinajstić information content (AvgIpc) is 3.14. The highest BCUT2D eigenvalue weighted by molar-refractivity contribution is 5.15. The van der Waals surface area contributed by atoms with E-state index in [1.807, 2.05) is 7.11 Å². The van der Waals surface area contributed by atoms with Crippen LogP contribution in [0.3, 0.4) is 0 Å². The Morgan fingerprint density at radius 3 is 2.68 bits per heavy atom. The highest BCUT2D eigenvalue weighted by atomic mass is 16.6. The Bertz CT molecular complexity index is 476. The molecule has 9 atom stereocenters. The van der Waals surface area contributed by atoms with E-state index in [4.69, 9.17) is 9.47 Å². The Balaban J connectivity index is 1.51. The van der Waals surface area contributed by atoms with Crippen molar-refractivity contribution in [3.05, 3.63) is 0 Å². The minimum absolute atomic E-state index is 0.356. The van der Waals surface area contributed by atoms with Crippen molar-refractivity contribution >= 4 is 0 Å². The maximum atomic E-state index is 6.08. The lowest BCUT2D eigenvalue weighted by Gasteiger charge is -2.61. The molecular formula is C20H32O2. The van der Waals surface area contributed by atoms with Gasteiger partial charge in [-0.15, -0.1) is 0 Å². The van der Waals surface area contributed by atoms with E-state index in [1.165, 1.54) is 51.4 Å². The molecule has 0 N–H and O–H groups in total. The molecule has 124 valence electrons. The van der Waals surface area contributed by atoms with E-state index in [0.29, 0.717) is 29.1 Å². The standard InChI is InChI=1S/C20H32O2/c1-19-9-4-5-14(19)13-7-6-12-11-16-17(22-16)18(21-3)20(12,2)15(13)8-10-19/h12-18H,4-11H2,1-3H3/t12-,13-,14-,15-,16-,17-,18?,19-,20-/m0/s1. The first-order valence-corrected chi connectivity index (χ1v) is 9.76. The predicted molar refractivity (Wildman–Crippen MR) is 86.6 cm³/mol. The van der Waals surface area contributed by atoms with Crippen LogP contribution in [-0.4, -0.2) is 25.4 Å². The number of epoxide rings is 1. The summed E-state index contributed by atoms with van der Waals surface area (Å²) in [6, 6.07) is 0. The van der Waals surface area contributed by atoms with E-state index in [1.54, 1.807) is 0 Å². The SMILES string of the molecule is COC1[C@H]2O[C@H]2C[C@@H]2CC[C@H]3[C@@H]4CCC[C@@]4(C)CC[C@@H]3[C@@]12C. The monoisotopic (exact) mass is 304 g/mol. The molecule has 0 aromatic rings. The highest BCUT2D eigenvalue weighted by Gasteiger charge is 2.67. The summed E-state index contributed by atoms with van der Waals surface area (Å²) in [7, 11) is 1.93. The molecule has 0 spiro atoms. The zero-order valence-electron chi connectivity index (χ0n) is 14.5. The van der Waals surface area contributed by atoms with Gasteiger partial charge in [-0.3, -0.25) is 0 Å². The first kappa shape index (κ1) is 14.3. The Morgan fingerprint density at radius 2 is 1.86 bits per heavy atom. The van der Waals surface area contributed by atoms with Gasteiger partial charge < -0.3 is 9.47 Å². The highest BCUT2D eigenvalue weighted by Crippen LogP contribution is 2.68. The molecule has 5 fully saturated rings. The Kier molecular flexibility index (Phi) is 2.92. The lowest BCUT2D eigenvalue weighted by molar-refractivity contribution is -0.163. The number of hydrogen-bond donors (Lipinski definition) is 0. The third-order valence-corrected chi connectivity index (χ3v) is 9.05. The van der Waals surface area contributed by atoms with Gasteiger partial charge in [0, 0.05) is 12.5 Å². The first-order valence-electron chi connectivity index (χ1n) is 9.76. The fourth-order valence-corrected chi connectivity index (χ4v) is 7.91. The third kappa shape index (κ3) is 1.64. The molecule has 1 saturated heterocycles. The Labute approximate surface area is 135 Å². The van der Waals surface area contributed by atoms with Crippen molar-refractivity contribution in [3.63, 3.8) is 0 Å². The maximum Gasteiger partial charge on any atom is 0.111 e. The number of hydrogen-bond acceptors (Lipinski definition) is 2. The van der Waals surface area contributed by atoms with Gasteiger partial charge in [-0.05, 0) is 74.0 Å². The molecule has 5 rings (SSSR count). The van der Waals surface area contributed by atoms with Crippen molar-refractivity contribution in [2.75, 3.05) is 7.11 Å². The molecule has 1 unspecified atom stereocenters. The molecular weight excluding hydrogens is 272 g/mol. The van der Waals surface area contributed by atoms with Gasteiger partial charge in [0.15, 0.2) is 0 Å². The second-order valence-electron chi connectivity index (χ2n) is 9.63. The van der Waals surface area contributed by atoms with Crippen LogP contribution >= 0.6 is 0 Å². The van der Waals surface area contributed by atoms with E-state index in [2.05, 4.69) is 13.8 Å². The molecule has 2 heteroatoms. The van der Waals surface area contributed by atoms with Crippen LogP contribution in [0.5, 0.6) is 0 Å².